The lowest BCUT2D eigenvalue weighted by molar-refractivity contribution is -0.104. The Labute approximate surface area is 193 Å². The first-order chi connectivity index (χ1) is 15.3. The maximum absolute atomic E-state index is 13.5. The Balaban J connectivity index is 1.63. The van der Waals surface area contributed by atoms with E-state index in [2.05, 4.69) is 9.89 Å². The van der Waals surface area contributed by atoms with Crippen molar-refractivity contribution in [3.63, 3.8) is 0 Å². The van der Waals surface area contributed by atoms with Crippen molar-refractivity contribution in [2.45, 2.75) is 33.1 Å². The molecular formula is C25H28ClF2N3O. The third-order valence-electron chi connectivity index (χ3n) is 5.91. The zero-order valence-electron chi connectivity index (χ0n) is 18.6. The van der Waals surface area contributed by atoms with E-state index < -0.39 is 11.6 Å². The predicted octanol–water partition coefficient (Wildman–Crippen LogP) is 6.03. The molecule has 1 aliphatic rings. The van der Waals surface area contributed by atoms with Gasteiger partial charge in [-0.1, -0.05) is 17.7 Å². The molecule has 0 amide bonds. The first-order valence-electron chi connectivity index (χ1n) is 10.7. The average Bonchev–Trinajstić information content (AvgIpc) is 2.76. The Morgan fingerprint density at radius 1 is 1.16 bits per heavy atom. The molecule has 0 unspecified atom stereocenters. The summed E-state index contributed by atoms with van der Waals surface area (Å²) in [4.78, 5) is 19.2. The molecule has 0 radical (unpaired) electrons. The van der Waals surface area contributed by atoms with Gasteiger partial charge in [0.25, 0.3) is 0 Å². The van der Waals surface area contributed by atoms with Crippen LogP contribution in [0.15, 0.2) is 53.2 Å². The number of allylic oxidation sites excluding steroid dienone is 2. The fourth-order valence-electron chi connectivity index (χ4n) is 3.99. The van der Waals surface area contributed by atoms with Gasteiger partial charge < -0.3 is 9.80 Å². The van der Waals surface area contributed by atoms with Crippen LogP contribution in [0.2, 0.25) is 5.02 Å². The Morgan fingerprint density at radius 3 is 2.50 bits per heavy atom. The van der Waals surface area contributed by atoms with Gasteiger partial charge in [-0.05, 0) is 81.0 Å². The van der Waals surface area contributed by atoms with E-state index in [0.29, 0.717) is 16.6 Å². The zero-order valence-corrected chi connectivity index (χ0v) is 19.4. The summed E-state index contributed by atoms with van der Waals surface area (Å²) < 4.78 is 26.6. The van der Waals surface area contributed by atoms with Gasteiger partial charge in [0, 0.05) is 31.5 Å². The molecule has 0 atom stereocenters. The number of carbonyl (C=O) groups is 1. The van der Waals surface area contributed by atoms with Crippen molar-refractivity contribution in [2.24, 2.45) is 10.9 Å². The molecule has 0 spiro atoms. The van der Waals surface area contributed by atoms with Crippen molar-refractivity contribution in [2.75, 3.05) is 29.9 Å². The molecule has 7 heteroatoms. The molecule has 0 bridgehead atoms. The lowest BCUT2D eigenvalue weighted by Gasteiger charge is -2.34. The molecule has 2 aromatic carbocycles. The Morgan fingerprint density at radius 2 is 1.88 bits per heavy atom. The van der Waals surface area contributed by atoms with E-state index in [1.54, 1.807) is 13.0 Å². The van der Waals surface area contributed by atoms with Crippen molar-refractivity contribution in [1.82, 2.24) is 0 Å². The molecule has 4 nitrogen and oxygen atoms in total. The van der Waals surface area contributed by atoms with E-state index in [0.717, 1.165) is 61.4 Å². The molecule has 0 aliphatic carbocycles. The number of aldehydes is 1. The van der Waals surface area contributed by atoms with Gasteiger partial charge in [-0.2, -0.15) is 0 Å². The molecule has 3 rings (SSSR count). The first kappa shape index (κ1) is 23.9. The normalized spacial score (nSPS) is 15.8. The van der Waals surface area contributed by atoms with Crippen molar-refractivity contribution in [3.8, 4) is 0 Å². The predicted molar refractivity (Wildman–Crippen MR) is 128 cm³/mol. The van der Waals surface area contributed by atoms with Gasteiger partial charge in [-0.25, -0.2) is 13.8 Å². The molecule has 0 saturated carbocycles. The van der Waals surface area contributed by atoms with Crippen molar-refractivity contribution >= 4 is 35.1 Å². The molecule has 0 N–H and O–H groups in total. The monoisotopic (exact) mass is 459 g/mol. The highest BCUT2D eigenvalue weighted by molar-refractivity contribution is 6.33. The summed E-state index contributed by atoms with van der Waals surface area (Å²) in [7, 11) is 1.90. The van der Waals surface area contributed by atoms with Gasteiger partial charge in [0.1, 0.15) is 12.1 Å². The second kappa shape index (κ2) is 10.7. The Kier molecular flexibility index (Phi) is 8.02. The van der Waals surface area contributed by atoms with Crippen LogP contribution in [0, 0.1) is 17.6 Å². The van der Waals surface area contributed by atoms with Crippen LogP contribution < -0.4 is 9.80 Å². The number of nitrogens with zero attached hydrogens (tertiary/aromatic N) is 3. The highest BCUT2D eigenvalue weighted by atomic mass is 35.5. The minimum absolute atomic E-state index is 0.432. The summed E-state index contributed by atoms with van der Waals surface area (Å²) in [5.41, 5.74) is 3.37. The van der Waals surface area contributed by atoms with Crippen LogP contribution in [0.1, 0.15) is 32.3 Å². The standard InChI is InChI=1S/C25H28ClF2N3O/c1-17(10-13-32)29-18(2)30(3)21-5-7-25(22(26)16-21)31-11-8-19(9-12-31)14-20-4-6-23(27)24(28)15-20/h4-7,10,13,15-16,19H,8-9,11-12,14H2,1-3H3/b17-10-,29-18-. The van der Waals surface area contributed by atoms with E-state index in [1.165, 1.54) is 18.2 Å². The molecule has 2 aromatic rings. The molecule has 0 aromatic heterocycles. The minimum Gasteiger partial charge on any atom is -0.370 e. The SMILES string of the molecule is CC(=C/C=O)/N=C(/C)N(C)c1ccc(N2CCC(Cc3ccc(F)c(F)c3)CC2)c(Cl)c1. The fourth-order valence-corrected chi connectivity index (χ4v) is 4.29. The molecule has 1 saturated heterocycles. The summed E-state index contributed by atoms with van der Waals surface area (Å²) in [6.45, 7) is 5.37. The van der Waals surface area contributed by atoms with E-state index in [4.69, 9.17) is 11.6 Å². The molecule has 1 fully saturated rings. The van der Waals surface area contributed by atoms with Crippen molar-refractivity contribution < 1.29 is 13.6 Å². The number of anilines is 2. The van der Waals surface area contributed by atoms with Crippen LogP contribution in [0.3, 0.4) is 0 Å². The lowest BCUT2D eigenvalue weighted by Crippen LogP contribution is -2.34. The summed E-state index contributed by atoms with van der Waals surface area (Å²) in [5.74, 6) is -0.405. The zero-order chi connectivity index (χ0) is 23.3. The lowest BCUT2D eigenvalue weighted by atomic mass is 9.90. The molecule has 1 aliphatic heterocycles. The highest BCUT2D eigenvalue weighted by Crippen LogP contribution is 2.33. The van der Waals surface area contributed by atoms with E-state index in [1.807, 2.05) is 37.1 Å². The quantitative estimate of drug-likeness (QED) is 0.229. The Bertz CT molecular complexity index is 1030. The second-order valence-electron chi connectivity index (χ2n) is 8.18. The van der Waals surface area contributed by atoms with Crippen LogP contribution in [-0.4, -0.2) is 32.3 Å². The molecule has 1 heterocycles. The molecule has 32 heavy (non-hydrogen) atoms. The topological polar surface area (TPSA) is 35.9 Å². The number of hydrogen-bond acceptors (Lipinski definition) is 3. The second-order valence-corrected chi connectivity index (χ2v) is 8.59. The van der Waals surface area contributed by atoms with Crippen LogP contribution in [-0.2, 0) is 11.2 Å². The number of hydrogen-bond donors (Lipinski definition) is 0. The largest absolute Gasteiger partial charge is 0.370 e. The van der Waals surface area contributed by atoms with Crippen LogP contribution in [0.25, 0.3) is 0 Å². The third kappa shape index (κ3) is 5.94. The number of amidine groups is 1. The molecular weight excluding hydrogens is 432 g/mol. The van der Waals surface area contributed by atoms with Gasteiger partial charge in [0.15, 0.2) is 11.6 Å². The van der Waals surface area contributed by atoms with Gasteiger partial charge in [0.2, 0.25) is 0 Å². The fraction of sp³-hybridized carbons (Fsp3) is 0.360. The number of aliphatic imine (C=N–C) groups is 1. The first-order valence-corrected chi connectivity index (χ1v) is 11.1. The van der Waals surface area contributed by atoms with Gasteiger partial charge in [0.05, 0.1) is 10.7 Å². The third-order valence-corrected chi connectivity index (χ3v) is 6.22. The number of rotatable bonds is 6. The molecule has 170 valence electrons. The van der Waals surface area contributed by atoms with Crippen molar-refractivity contribution in [3.05, 3.63) is 70.4 Å². The van der Waals surface area contributed by atoms with Gasteiger partial charge in [-0.3, -0.25) is 4.79 Å². The van der Waals surface area contributed by atoms with E-state index >= 15 is 0 Å². The number of carbonyl (C=O) groups excluding carboxylic acids is 1. The van der Waals surface area contributed by atoms with E-state index in [9.17, 15) is 13.6 Å². The van der Waals surface area contributed by atoms with Crippen LogP contribution in [0.5, 0.6) is 0 Å². The number of halogens is 3. The maximum Gasteiger partial charge on any atom is 0.159 e. The number of benzene rings is 2. The summed E-state index contributed by atoms with van der Waals surface area (Å²) in [6.07, 6.45) is 4.82. The van der Waals surface area contributed by atoms with E-state index in [-0.39, 0.29) is 0 Å². The number of piperidine rings is 1. The van der Waals surface area contributed by atoms with Crippen LogP contribution >= 0.6 is 11.6 Å². The maximum atomic E-state index is 13.5. The van der Waals surface area contributed by atoms with Gasteiger partial charge in [-0.15, -0.1) is 0 Å². The van der Waals surface area contributed by atoms with Crippen molar-refractivity contribution in [1.29, 1.82) is 0 Å². The average molecular weight is 460 g/mol. The highest BCUT2D eigenvalue weighted by Gasteiger charge is 2.22. The summed E-state index contributed by atoms with van der Waals surface area (Å²) >= 11 is 6.62. The van der Waals surface area contributed by atoms with Crippen LogP contribution in [0.4, 0.5) is 20.2 Å². The minimum atomic E-state index is -0.804. The Hall–Kier alpha value is -2.73. The van der Waals surface area contributed by atoms with Gasteiger partial charge >= 0.3 is 0 Å². The smallest absolute Gasteiger partial charge is 0.159 e. The summed E-state index contributed by atoms with van der Waals surface area (Å²) in [5, 5.41) is 0.668. The summed E-state index contributed by atoms with van der Waals surface area (Å²) in [6, 6.07) is 10.1.